The Morgan fingerprint density at radius 2 is 1.77 bits per heavy atom. The second kappa shape index (κ2) is 7.66. The normalized spacial score (nSPS) is 36.3. The highest BCUT2D eigenvalue weighted by Gasteiger charge is 2.49. The number of fused-ring (bicyclic) bond motifs is 4. The molecular weight excluding hydrogens is 362 g/mol. The standard InChI is InChI=1S/C29H39N/c1-29-16-5-8-27(29)25-14-13-23-6-4-7-24(28(23)26(25)15-17-29)22-11-9-21(10-12-22)20-30-18-2-3-19-30/h6,9-12,24-25,27H,2-5,7-8,13-20H2,1H3/t24?,25-,27+,29+/m1/s1. The minimum atomic E-state index is 0.650. The van der Waals surface area contributed by atoms with Crippen molar-refractivity contribution in [2.75, 3.05) is 13.1 Å². The topological polar surface area (TPSA) is 3.24 Å². The maximum Gasteiger partial charge on any atom is 0.0233 e. The van der Waals surface area contributed by atoms with Gasteiger partial charge in [0.05, 0.1) is 0 Å². The van der Waals surface area contributed by atoms with Crippen LogP contribution in [0.2, 0.25) is 0 Å². The average Bonchev–Trinajstić information content (AvgIpc) is 3.43. The molecule has 1 heteroatoms. The zero-order valence-corrected chi connectivity index (χ0v) is 19.0. The number of allylic oxidation sites excluding steroid dienone is 4. The van der Waals surface area contributed by atoms with Gasteiger partial charge in [-0.2, -0.15) is 0 Å². The minimum Gasteiger partial charge on any atom is -0.299 e. The van der Waals surface area contributed by atoms with Gasteiger partial charge in [0.15, 0.2) is 0 Å². The fourth-order valence-electron chi connectivity index (χ4n) is 8.08. The Labute approximate surface area is 183 Å². The summed E-state index contributed by atoms with van der Waals surface area (Å²) in [4.78, 5) is 2.62. The molecule has 30 heavy (non-hydrogen) atoms. The lowest BCUT2D eigenvalue weighted by Crippen LogP contribution is -2.37. The van der Waals surface area contributed by atoms with Crippen molar-refractivity contribution in [2.24, 2.45) is 17.3 Å². The summed E-state index contributed by atoms with van der Waals surface area (Å²) in [6.07, 6.45) is 18.0. The van der Waals surface area contributed by atoms with E-state index in [0.717, 1.165) is 18.4 Å². The highest BCUT2D eigenvalue weighted by molar-refractivity contribution is 5.50. The van der Waals surface area contributed by atoms with Crippen molar-refractivity contribution < 1.29 is 0 Å². The SMILES string of the molecule is C[C@@]12CCC[C@H]1[C@@H]1CCC3=CCCC(c4ccc(CN5CCCC5)cc4)C3=C1CC2. The predicted molar refractivity (Wildman–Crippen MR) is 125 cm³/mol. The Hall–Kier alpha value is -1.34. The van der Waals surface area contributed by atoms with E-state index in [9.17, 15) is 0 Å². The lowest BCUT2D eigenvalue weighted by atomic mass is 9.56. The average molecular weight is 402 g/mol. The molecule has 160 valence electrons. The Morgan fingerprint density at radius 1 is 0.933 bits per heavy atom. The van der Waals surface area contributed by atoms with Gasteiger partial charge in [-0.05, 0) is 117 Å². The van der Waals surface area contributed by atoms with Crippen LogP contribution in [0.4, 0.5) is 0 Å². The molecule has 1 nitrogen and oxygen atoms in total. The molecule has 0 spiro atoms. The van der Waals surface area contributed by atoms with Crippen molar-refractivity contribution in [1.29, 1.82) is 0 Å². The summed E-state index contributed by atoms with van der Waals surface area (Å²) in [5.74, 6) is 2.53. The van der Waals surface area contributed by atoms with Crippen LogP contribution in [0.3, 0.4) is 0 Å². The Bertz CT molecular complexity index is 853. The monoisotopic (exact) mass is 401 g/mol. The first kappa shape index (κ1) is 19.4. The molecule has 0 bridgehead atoms. The molecule has 6 rings (SSSR count). The van der Waals surface area contributed by atoms with Gasteiger partial charge in [-0.3, -0.25) is 4.90 Å². The molecule has 1 aromatic rings. The maximum absolute atomic E-state index is 2.62. The third-order valence-electron chi connectivity index (χ3n) is 9.66. The van der Waals surface area contributed by atoms with E-state index in [0.29, 0.717) is 11.3 Å². The quantitative estimate of drug-likeness (QED) is 0.510. The third kappa shape index (κ3) is 3.24. The second-order valence-electron chi connectivity index (χ2n) is 11.3. The van der Waals surface area contributed by atoms with Crippen LogP contribution in [0.5, 0.6) is 0 Å². The van der Waals surface area contributed by atoms with Gasteiger partial charge in [-0.25, -0.2) is 0 Å². The van der Waals surface area contributed by atoms with Crippen LogP contribution in [0.25, 0.3) is 0 Å². The van der Waals surface area contributed by atoms with E-state index in [1.165, 1.54) is 89.3 Å². The van der Waals surface area contributed by atoms with Gasteiger partial charge in [-0.1, -0.05) is 49.3 Å². The van der Waals surface area contributed by atoms with Crippen LogP contribution in [0.15, 0.2) is 47.1 Å². The Kier molecular flexibility index (Phi) is 4.94. The van der Waals surface area contributed by atoms with Crippen LogP contribution < -0.4 is 0 Å². The molecule has 1 saturated heterocycles. The molecule has 1 aromatic carbocycles. The molecule has 4 atom stereocenters. The molecule has 0 N–H and O–H groups in total. The van der Waals surface area contributed by atoms with Crippen molar-refractivity contribution in [3.63, 3.8) is 0 Å². The van der Waals surface area contributed by atoms with Crippen molar-refractivity contribution in [3.05, 3.63) is 58.2 Å². The predicted octanol–water partition coefficient (Wildman–Crippen LogP) is 7.39. The third-order valence-corrected chi connectivity index (χ3v) is 9.66. The summed E-state index contributed by atoms with van der Waals surface area (Å²) in [6, 6.07) is 9.84. The zero-order chi connectivity index (χ0) is 20.1. The highest BCUT2D eigenvalue weighted by Crippen LogP contribution is 2.61. The van der Waals surface area contributed by atoms with Gasteiger partial charge < -0.3 is 0 Å². The van der Waals surface area contributed by atoms with Crippen LogP contribution in [-0.4, -0.2) is 18.0 Å². The first-order chi connectivity index (χ1) is 14.7. The molecule has 0 radical (unpaired) electrons. The van der Waals surface area contributed by atoms with Gasteiger partial charge in [0.25, 0.3) is 0 Å². The van der Waals surface area contributed by atoms with E-state index in [1.807, 2.05) is 11.1 Å². The summed E-state index contributed by atoms with van der Waals surface area (Å²) < 4.78 is 0. The number of benzene rings is 1. The molecular formula is C29H39N. The molecule has 3 fully saturated rings. The van der Waals surface area contributed by atoms with E-state index >= 15 is 0 Å². The van der Waals surface area contributed by atoms with Gasteiger partial charge >= 0.3 is 0 Å². The number of hydrogen-bond donors (Lipinski definition) is 0. The molecule has 0 aromatic heterocycles. The van der Waals surface area contributed by atoms with E-state index in [2.05, 4.69) is 42.2 Å². The lowest BCUT2D eigenvalue weighted by molar-refractivity contribution is 0.118. The van der Waals surface area contributed by atoms with Crippen molar-refractivity contribution in [2.45, 2.75) is 90.0 Å². The Balaban J connectivity index is 1.30. The lowest BCUT2D eigenvalue weighted by Gasteiger charge is -2.48. The van der Waals surface area contributed by atoms with Gasteiger partial charge in [0.1, 0.15) is 0 Å². The zero-order valence-electron chi connectivity index (χ0n) is 19.0. The van der Waals surface area contributed by atoms with Crippen LogP contribution in [0, 0.1) is 17.3 Å². The van der Waals surface area contributed by atoms with Crippen molar-refractivity contribution in [1.82, 2.24) is 4.90 Å². The summed E-state index contributed by atoms with van der Waals surface area (Å²) >= 11 is 0. The highest BCUT2D eigenvalue weighted by atomic mass is 15.1. The maximum atomic E-state index is 2.62. The number of nitrogens with zero attached hydrogens (tertiary/aromatic N) is 1. The van der Waals surface area contributed by atoms with Crippen molar-refractivity contribution >= 4 is 0 Å². The van der Waals surface area contributed by atoms with Crippen LogP contribution in [-0.2, 0) is 6.54 Å². The van der Waals surface area contributed by atoms with Crippen LogP contribution in [0.1, 0.15) is 94.6 Å². The molecule has 1 unspecified atom stereocenters. The summed E-state index contributed by atoms with van der Waals surface area (Å²) in [5.41, 5.74) is 9.21. The van der Waals surface area contributed by atoms with E-state index in [4.69, 9.17) is 0 Å². The molecule has 1 heterocycles. The van der Waals surface area contributed by atoms with E-state index in [1.54, 1.807) is 11.1 Å². The summed E-state index contributed by atoms with van der Waals surface area (Å²) in [5, 5.41) is 0. The molecule has 2 saturated carbocycles. The first-order valence-corrected chi connectivity index (χ1v) is 12.9. The number of hydrogen-bond acceptors (Lipinski definition) is 1. The fraction of sp³-hybridized carbons (Fsp3) is 0.655. The minimum absolute atomic E-state index is 0.650. The molecule has 4 aliphatic carbocycles. The molecule has 5 aliphatic rings. The number of rotatable bonds is 3. The van der Waals surface area contributed by atoms with Gasteiger partial charge in [0.2, 0.25) is 0 Å². The molecule has 0 amide bonds. The summed E-state index contributed by atoms with van der Waals surface area (Å²) in [6.45, 7) is 6.34. The molecule has 1 aliphatic heterocycles. The Morgan fingerprint density at radius 3 is 2.60 bits per heavy atom. The number of likely N-dealkylation sites (tertiary alicyclic amines) is 1. The van der Waals surface area contributed by atoms with Gasteiger partial charge in [0, 0.05) is 12.5 Å². The second-order valence-corrected chi connectivity index (χ2v) is 11.3. The van der Waals surface area contributed by atoms with Gasteiger partial charge in [-0.15, -0.1) is 0 Å². The van der Waals surface area contributed by atoms with E-state index < -0.39 is 0 Å². The first-order valence-electron chi connectivity index (χ1n) is 12.9. The van der Waals surface area contributed by atoms with E-state index in [-0.39, 0.29) is 0 Å². The largest absolute Gasteiger partial charge is 0.299 e. The fourth-order valence-corrected chi connectivity index (χ4v) is 8.08. The smallest absolute Gasteiger partial charge is 0.0233 e. The summed E-state index contributed by atoms with van der Waals surface area (Å²) in [7, 11) is 0. The van der Waals surface area contributed by atoms with Crippen molar-refractivity contribution in [3.8, 4) is 0 Å². The van der Waals surface area contributed by atoms with Crippen LogP contribution >= 0.6 is 0 Å².